The van der Waals surface area contributed by atoms with Crippen molar-refractivity contribution in [1.82, 2.24) is 44.4 Å². The quantitative estimate of drug-likeness (QED) is 0.0964. The van der Waals surface area contributed by atoms with Crippen LogP contribution in [-0.4, -0.2) is 123 Å². The molecule has 4 aromatic heterocycles. The van der Waals surface area contributed by atoms with Crippen molar-refractivity contribution in [2.75, 3.05) is 33.0 Å². The van der Waals surface area contributed by atoms with Gasteiger partial charge in [-0.05, 0) is 0 Å². The second-order valence-corrected chi connectivity index (χ2v) is 9.93. The lowest BCUT2D eigenvalue weighted by Gasteiger charge is -2.12. The number of nitrogens with zero attached hydrogens (tertiary/aromatic N) is 8. The number of ether oxygens (including phenoxy) is 2. The minimum atomic E-state index is -0.794. The Bertz CT molecular complexity index is 1700. The maximum atomic E-state index is 12.1. The summed E-state index contributed by atoms with van der Waals surface area (Å²) in [5.41, 5.74) is 5.36. The normalized spacial score (nSPS) is 24.7. The molecular weight excluding hydrogens is 582 g/mol. The second kappa shape index (κ2) is 14.0. The lowest BCUT2D eigenvalue weighted by atomic mass is 10.2. The molecule has 0 bridgehead atoms. The minimum Gasteiger partial charge on any atom is -0.394 e. The largest absolute Gasteiger partial charge is 0.394 e. The van der Waals surface area contributed by atoms with Gasteiger partial charge in [-0.3, -0.25) is 19.6 Å². The van der Waals surface area contributed by atoms with E-state index in [1.54, 1.807) is 19.0 Å². The topological polar surface area (TPSA) is 268 Å². The number of nitrogens with two attached hydrogens (primary N) is 1. The minimum absolute atomic E-state index is 0. The molecule has 0 spiro atoms. The number of rotatable bonds is 6. The smallest absolute Gasteiger partial charge is 0.263 e. The third-order valence-electron chi connectivity index (χ3n) is 6.66. The third kappa shape index (κ3) is 6.77. The van der Waals surface area contributed by atoms with Gasteiger partial charge in [-0.15, -0.1) is 0 Å². The van der Waals surface area contributed by atoms with Crippen molar-refractivity contribution in [2.45, 2.75) is 64.6 Å². The van der Waals surface area contributed by atoms with E-state index in [1.165, 1.54) is 28.1 Å². The summed E-state index contributed by atoms with van der Waals surface area (Å²) in [5.74, 6) is 0.131. The SMILES string of the molecule is C.C.CN(C)C=Nc1nc2c(cnn2C2CC(O)C(CO)O2)c(=O)[nH]1.Nc1nc2c(cnn2C2CC(O)C(CO)O2)c(=O)[nH]1. The van der Waals surface area contributed by atoms with Crippen molar-refractivity contribution in [3.8, 4) is 0 Å². The summed E-state index contributed by atoms with van der Waals surface area (Å²) in [7, 11) is 3.60. The van der Waals surface area contributed by atoms with Crippen LogP contribution in [0.4, 0.5) is 11.9 Å². The first-order chi connectivity index (χ1) is 20.1. The number of hydrogen-bond donors (Lipinski definition) is 7. The van der Waals surface area contributed by atoms with E-state index in [0.717, 1.165) is 0 Å². The van der Waals surface area contributed by atoms with Gasteiger partial charge < -0.3 is 40.5 Å². The lowest BCUT2D eigenvalue weighted by molar-refractivity contribution is -0.0470. The van der Waals surface area contributed by atoms with Gasteiger partial charge in [0, 0.05) is 26.9 Å². The van der Waals surface area contributed by atoms with Crippen LogP contribution in [-0.2, 0) is 9.47 Å². The molecule has 2 saturated heterocycles. The molecule has 2 fully saturated rings. The fourth-order valence-corrected chi connectivity index (χ4v) is 4.59. The summed E-state index contributed by atoms with van der Waals surface area (Å²) < 4.78 is 13.8. The van der Waals surface area contributed by atoms with Crippen molar-refractivity contribution < 1.29 is 29.9 Å². The molecule has 0 aliphatic carbocycles. The zero-order valence-corrected chi connectivity index (χ0v) is 22.6. The van der Waals surface area contributed by atoms with Crippen molar-refractivity contribution in [1.29, 1.82) is 0 Å². The average Bonchev–Trinajstić information content (AvgIpc) is 3.72. The molecule has 19 heteroatoms. The van der Waals surface area contributed by atoms with Gasteiger partial charge in [0.2, 0.25) is 11.9 Å². The highest BCUT2D eigenvalue weighted by Crippen LogP contribution is 2.31. The van der Waals surface area contributed by atoms with Gasteiger partial charge in [0.05, 0.1) is 44.2 Å². The molecule has 6 heterocycles. The van der Waals surface area contributed by atoms with Gasteiger partial charge in [0.15, 0.2) is 23.8 Å². The molecule has 8 N–H and O–H groups in total. The monoisotopic (exact) mass is 621 g/mol. The molecule has 19 nitrogen and oxygen atoms in total. The number of anilines is 1. The van der Waals surface area contributed by atoms with Crippen LogP contribution in [0.3, 0.4) is 0 Å². The number of aromatic nitrogens is 8. The van der Waals surface area contributed by atoms with Gasteiger partial charge in [0.25, 0.3) is 11.1 Å². The van der Waals surface area contributed by atoms with E-state index < -0.39 is 36.9 Å². The molecule has 0 saturated carbocycles. The van der Waals surface area contributed by atoms with Crippen LogP contribution in [0.5, 0.6) is 0 Å². The molecule has 4 aromatic rings. The number of aromatic amines is 2. The average molecular weight is 622 g/mol. The molecule has 6 atom stereocenters. The van der Waals surface area contributed by atoms with E-state index in [1.807, 2.05) is 0 Å². The van der Waals surface area contributed by atoms with Crippen molar-refractivity contribution in [3.05, 3.63) is 33.1 Å². The molecule has 0 radical (unpaired) electrons. The van der Waals surface area contributed by atoms with E-state index in [0.29, 0.717) is 16.4 Å². The number of aliphatic hydroxyl groups excluding tert-OH is 4. The van der Waals surface area contributed by atoms with Gasteiger partial charge in [-0.25, -0.2) is 14.4 Å². The summed E-state index contributed by atoms with van der Waals surface area (Å²) in [5, 5.41) is 46.5. The van der Waals surface area contributed by atoms with E-state index in [9.17, 15) is 19.8 Å². The molecular formula is C25H39N11O8. The third-order valence-corrected chi connectivity index (χ3v) is 6.66. The molecule has 6 unspecified atom stereocenters. The number of hydrogen-bond acceptors (Lipinski definition) is 14. The fourth-order valence-electron chi connectivity index (χ4n) is 4.59. The lowest BCUT2D eigenvalue weighted by Crippen LogP contribution is -2.24. The van der Waals surface area contributed by atoms with Crippen LogP contribution in [0, 0.1) is 0 Å². The van der Waals surface area contributed by atoms with Crippen LogP contribution in [0.15, 0.2) is 27.0 Å². The van der Waals surface area contributed by atoms with Gasteiger partial charge in [-0.2, -0.15) is 20.2 Å². The van der Waals surface area contributed by atoms with Crippen LogP contribution in [0.2, 0.25) is 0 Å². The zero-order valence-electron chi connectivity index (χ0n) is 22.6. The van der Waals surface area contributed by atoms with E-state index >= 15 is 0 Å². The Morgan fingerprint density at radius 3 is 1.86 bits per heavy atom. The second-order valence-electron chi connectivity index (χ2n) is 9.93. The molecule has 242 valence electrons. The van der Waals surface area contributed by atoms with Crippen molar-refractivity contribution in [2.24, 2.45) is 4.99 Å². The standard InChI is InChI=1S/C13H18N6O4.C10H13N5O4.2CH4/c1-18(2)6-14-13-16-11-7(12(22)17-13)4-15-19(11)10-3-8(21)9(5-20)23-10;11-10-13-8-4(9(18)14-10)2-12-15(8)7-1-5(17)6(3-16)19-7;;/h4,6,8-10,20-21H,3,5H2,1-2H3,(H,16,17,22);2,5-7,16-17H,1,3H2,(H3,11,13,14,18);2*1H4. The Labute approximate surface area is 250 Å². The van der Waals surface area contributed by atoms with E-state index in [-0.39, 0.29) is 69.6 Å². The first kappa shape index (κ1) is 34.2. The van der Waals surface area contributed by atoms with Crippen LogP contribution >= 0.6 is 0 Å². The highest BCUT2D eigenvalue weighted by atomic mass is 16.5. The fraction of sp³-hybridized carbons (Fsp3) is 0.560. The Kier molecular flexibility index (Phi) is 10.9. The molecule has 0 aromatic carbocycles. The van der Waals surface area contributed by atoms with Crippen LogP contribution < -0.4 is 16.9 Å². The highest BCUT2D eigenvalue weighted by molar-refractivity contribution is 5.75. The van der Waals surface area contributed by atoms with Gasteiger partial charge >= 0.3 is 0 Å². The zero-order chi connectivity index (χ0) is 30.1. The summed E-state index contributed by atoms with van der Waals surface area (Å²) >= 11 is 0. The van der Waals surface area contributed by atoms with Gasteiger partial charge in [-0.1, -0.05) is 14.9 Å². The van der Waals surface area contributed by atoms with E-state index in [4.69, 9.17) is 25.4 Å². The van der Waals surface area contributed by atoms with Gasteiger partial charge in [0.1, 0.15) is 23.0 Å². The predicted molar refractivity (Wildman–Crippen MR) is 159 cm³/mol. The molecule has 6 rings (SSSR count). The first-order valence-corrected chi connectivity index (χ1v) is 12.9. The Balaban J connectivity index is 0.000000234. The van der Waals surface area contributed by atoms with Crippen LogP contribution in [0.1, 0.15) is 40.2 Å². The molecule has 2 aliphatic heterocycles. The Morgan fingerprint density at radius 2 is 1.41 bits per heavy atom. The number of nitrogen functional groups attached to an aromatic ring is 1. The summed E-state index contributed by atoms with van der Waals surface area (Å²) in [6.07, 6.45) is 0.691. The molecule has 2 aliphatic rings. The molecule has 44 heavy (non-hydrogen) atoms. The number of fused-ring (bicyclic) bond motifs is 2. The number of H-pyrrole nitrogens is 2. The van der Waals surface area contributed by atoms with E-state index in [2.05, 4.69) is 35.1 Å². The maximum absolute atomic E-state index is 12.1. The number of aliphatic hydroxyl groups is 4. The van der Waals surface area contributed by atoms with Crippen LogP contribution in [0.25, 0.3) is 22.1 Å². The van der Waals surface area contributed by atoms with Crippen molar-refractivity contribution >= 4 is 40.3 Å². The molecule has 0 amide bonds. The number of aliphatic imine (C=N–C) groups is 1. The maximum Gasteiger partial charge on any atom is 0.263 e. The Morgan fingerprint density at radius 1 is 0.932 bits per heavy atom. The van der Waals surface area contributed by atoms with Crippen molar-refractivity contribution in [3.63, 3.8) is 0 Å². The summed E-state index contributed by atoms with van der Waals surface area (Å²) in [4.78, 5) is 42.8. The predicted octanol–water partition coefficient (Wildman–Crippen LogP) is -1.40. The summed E-state index contributed by atoms with van der Waals surface area (Å²) in [6.45, 7) is -0.573. The summed E-state index contributed by atoms with van der Waals surface area (Å²) in [6, 6.07) is 0. The highest BCUT2D eigenvalue weighted by Gasteiger charge is 2.37. The first-order valence-electron chi connectivity index (χ1n) is 12.9. The Hall–Kier alpha value is -4.27. The number of nitrogens with one attached hydrogen (secondary N) is 2.